The van der Waals surface area contributed by atoms with Gasteiger partial charge in [0, 0.05) is 19.1 Å². The number of hydrogen-bond acceptors (Lipinski definition) is 14. The van der Waals surface area contributed by atoms with Crippen LogP contribution >= 0.6 is 0 Å². The molecule has 0 bridgehead atoms. The number of ether oxygens (including phenoxy) is 4. The van der Waals surface area contributed by atoms with Crippen LogP contribution in [0.5, 0.6) is 0 Å². The summed E-state index contributed by atoms with van der Waals surface area (Å²) in [5.74, 6) is -2.64. The van der Waals surface area contributed by atoms with Crippen molar-refractivity contribution in [3.05, 3.63) is 0 Å². The van der Waals surface area contributed by atoms with Gasteiger partial charge in [-0.25, -0.2) is 0 Å². The highest BCUT2D eigenvalue weighted by atomic mass is 16.6. The Morgan fingerprint density at radius 3 is 2.20 bits per heavy atom. The van der Waals surface area contributed by atoms with E-state index in [-0.39, 0.29) is 18.9 Å². The molecular weight excluding hydrogens is 538 g/mol. The average molecular weight is 586 g/mol. The summed E-state index contributed by atoms with van der Waals surface area (Å²) in [6.07, 6.45) is -13.0. The van der Waals surface area contributed by atoms with Gasteiger partial charge >= 0.3 is 0 Å². The number of aliphatic hydroxyl groups excluding tert-OH is 8. The van der Waals surface area contributed by atoms with Gasteiger partial charge in [-0.15, -0.1) is 0 Å². The first kappa shape index (κ1) is 36.7. The molecule has 11 atom stereocenters. The molecule has 236 valence electrons. The van der Waals surface area contributed by atoms with Crippen molar-refractivity contribution in [2.45, 2.75) is 94.7 Å². The molecule has 1 amide bonds. The second kappa shape index (κ2) is 17.6. The molecule has 1 saturated heterocycles. The maximum atomic E-state index is 12.6. The van der Waals surface area contributed by atoms with Gasteiger partial charge in [-0.3, -0.25) is 9.59 Å². The number of aliphatic hydroxyl groups is 8. The lowest BCUT2D eigenvalue weighted by Gasteiger charge is -2.40. The van der Waals surface area contributed by atoms with Crippen LogP contribution in [0.2, 0.25) is 0 Å². The van der Waals surface area contributed by atoms with Crippen molar-refractivity contribution in [1.29, 1.82) is 0 Å². The van der Waals surface area contributed by atoms with Crippen LogP contribution in [-0.2, 0) is 28.5 Å². The van der Waals surface area contributed by atoms with E-state index in [1.807, 2.05) is 0 Å². The van der Waals surface area contributed by atoms with Crippen molar-refractivity contribution < 1.29 is 69.4 Å². The Bertz CT molecular complexity index is 757. The monoisotopic (exact) mass is 585 g/mol. The predicted molar refractivity (Wildman–Crippen MR) is 137 cm³/mol. The Morgan fingerprint density at radius 2 is 1.65 bits per heavy atom. The predicted octanol–water partition coefficient (Wildman–Crippen LogP) is -4.17. The molecule has 0 aromatic rings. The first-order chi connectivity index (χ1) is 18.8. The van der Waals surface area contributed by atoms with Crippen molar-refractivity contribution in [3.63, 3.8) is 0 Å². The summed E-state index contributed by atoms with van der Waals surface area (Å²) in [6.45, 7) is 4.50. The molecule has 15 heteroatoms. The van der Waals surface area contributed by atoms with Crippen molar-refractivity contribution in [1.82, 2.24) is 5.32 Å². The summed E-state index contributed by atoms with van der Waals surface area (Å²) in [4.78, 5) is 25.1. The molecule has 15 nitrogen and oxygen atoms in total. The van der Waals surface area contributed by atoms with Crippen LogP contribution in [0.3, 0.4) is 0 Å². The molecule has 1 fully saturated rings. The van der Waals surface area contributed by atoms with Gasteiger partial charge in [-0.1, -0.05) is 6.92 Å². The zero-order chi connectivity index (χ0) is 30.6. The molecule has 1 rings (SSSR count). The van der Waals surface area contributed by atoms with Gasteiger partial charge < -0.3 is 65.1 Å². The van der Waals surface area contributed by atoms with E-state index in [1.54, 1.807) is 27.7 Å². The Kier molecular flexibility index (Phi) is 16.1. The van der Waals surface area contributed by atoms with E-state index in [4.69, 9.17) is 18.9 Å². The van der Waals surface area contributed by atoms with E-state index in [9.17, 15) is 50.4 Å². The Balaban J connectivity index is 2.66. The number of carbonyl (C=O) groups is 2. The first-order valence-corrected chi connectivity index (χ1v) is 13.4. The lowest BCUT2D eigenvalue weighted by atomic mass is 9.92. The summed E-state index contributed by atoms with van der Waals surface area (Å²) >= 11 is 0. The fourth-order valence-corrected chi connectivity index (χ4v) is 4.26. The third-order valence-electron chi connectivity index (χ3n) is 7.10. The number of carbonyl (C=O) groups excluding carboxylic acids is 2. The van der Waals surface area contributed by atoms with Crippen LogP contribution in [0.1, 0.15) is 34.1 Å². The number of nitrogens with one attached hydrogen (secondary N) is 1. The molecule has 0 radical (unpaired) electrons. The molecule has 40 heavy (non-hydrogen) atoms. The van der Waals surface area contributed by atoms with E-state index in [0.717, 1.165) is 0 Å². The zero-order valence-corrected chi connectivity index (χ0v) is 23.5. The quantitative estimate of drug-likeness (QED) is 0.0653. The molecule has 0 saturated carbocycles. The topological polar surface area (TPSA) is 245 Å². The van der Waals surface area contributed by atoms with Crippen LogP contribution in [0.4, 0.5) is 0 Å². The van der Waals surface area contributed by atoms with Crippen molar-refractivity contribution in [2.75, 3.05) is 46.2 Å². The first-order valence-electron chi connectivity index (χ1n) is 13.4. The minimum atomic E-state index is -2.04. The highest BCUT2D eigenvalue weighted by Gasteiger charge is 2.44. The normalized spacial score (nSPS) is 28.6. The fraction of sp³-hybridized carbons (Fsp3) is 0.920. The van der Waals surface area contributed by atoms with Gasteiger partial charge in [0.2, 0.25) is 0 Å². The number of hydrogen-bond donors (Lipinski definition) is 9. The molecule has 0 spiro atoms. The molecule has 0 aromatic carbocycles. The minimum absolute atomic E-state index is 0.0889. The van der Waals surface area contributed by atoms with Gasteiger partial charge in [-0.2, -0.15) is 0 Å². The molecule has 8 unspecified atom stereocenters. The molecule has 1 heterocycles. The average Bonchev–Trinajstić information content (AvgIpc) is 2.95. The van der Waals surface area contributed by atoms with E-state index >= 15 is 0 Å². The summed E-state index contributed by atoms with van der Waals surface area (Å²) in [5, 5.41) is 81.9. The van der Waals surface area contributed by atoms with E-state index in [2.05, 4.69) is 5.32 Å². The van der Waals surface area contributed by atoms with Crippen molar-refractivity contribution in [2.24, 2.45) is 5.92 Å². The third kappa shape index (κ3) is 9.89. The van der Waals surface area contributed by atoms with Crippen molar-refractivity contribution >= 4 is 11.7 Å². The lowest BCUT2D eigenvalue weighted by Crippen LogP contribution is -2.59. The van der Waals surface area contributed by atoms with Crippen LogP contribution in [0.15, 0.2) is 0 Å². The van der Waals surface area contributed by atoms with E-state index < -0.39 is 98.8 Å². The maximum Gasteiger partial charge on any atom is 0.251 e. The number of ketones is 1. The summed E-state index contributed by atoms with van der Waals surface area (Å²) < 4.78 is 21.7. The Hall–Kier alpha value is -1.34. The molecule has 1 aliphatic heterocycles. The van der Waals surface area contributed by atoms with Crippen molar-refractivity contribution in [3.8, 4) is 0 Å². The maximum absolute atomic E-state index is 12.6. The summed E-state index contributed by atoms with van der Waals surface area (Å²) in [7, 11) is 0. The highest BCUT2D eigenvalue weighted by Crippen LogP contribution is 2.23. The molecule has 1 aliphatic rings. The Labute approximate surface area is 233 Å². The van der Waals surface area contributed by atoms with Gasteiger partial charge in [0.15, 0.2) is 11.9 Å². The number of rotatable bonds is 19. The standard InChI is InChI=1S/C25H47NO14/c1-5-25(4,23(35)13(3)38-6-2)39-8-7-26-24(36)22(34)18(30)14(15(29)9-27)11-37-12-17-20(32)21(33)19(31)16(10-28)40-17/h13-22,27-34H,5-12H2,1-4H3,(H,26,36)/t13?,14-,15?,16?,17-,18?,19+,20?,21?,22?,25?/m1/s1. The van der Waals surface area contributed by atoms with Gasteiger partial charge in [0.05, 0.1) is 45.2 Å². The van der Waals surface area contributed by atoms with E-state index in [0.29, 0.717) is 13.0 Å². The smallest absolute Gasteiger partial charge is 0.251 e. The van der Waals surface area contributed by atoms with E-state index in [1.165, 1.54) is 0 Å². The van der Waals surface area contributed by atoms with Crippen LogP contribution in [0.25, 0.3) is 0 Å². The van der Waals surface area contributed by atoms with Gasteiger partial charge in [0.1, 0.15) is 42.2 Å². The highest BCUT2D eigenvalue weighted by molar-refractivity contribution is 5.90. The second-order valence-corrected chi connectivity index (χ2v) is 9.94. The largest absolute Gasteiger partial charge is 0.394 e. The second-order valence-electron chi connectivity index (χ2n) is 9.94. The Morgan fingerprint density at radius 1 is 1.02 bits per heavy atom. The van der Waals surface area contributed by atoms with Crippen LogP contribution < -0.4 is 5.32 Å². The number of amides is 1. The van der Waals surface area contributed by atoms with Gasteiger partial charge in [-0.05, 0) is 27.2 Å². The molecule has 0 aliphatic carbocycles. The summed E-state index contributed by atoms with van der Waals surface area (Å²) in [6, 6.07) is 0. The van der Waals surface area contributed by atoms with Crippen LogP contribution in [0, 0.1) is 5.92 Å². The molecule has 9 N–H and O–H groups in total. The lowest BCUT2D eigenvalue weighted by molar-refractivity contribution is -0.240. The zero-order valence-electron chi connectivity index (χ0n) is 23.5. The fourth-order valence-electron chi connectivity index (χ4n) is 4.26. The third-order valence-corrected chi connectivity index (χ3v) is 7.10. The minimum Gasteiger partial charge on any atom is -0.394 e. The molecular formula is C25H47NO14. The number of Topliss-reactive ketones (excluding diaryl/α,β-unsaturated/α-hetero) is 1. The van der Waals surface area contributed by atoms with Crippen LogP contribution in [-0.4, -0.2) is 159 Å². The SMILES string of the molecule is CCOC(C)C(=O)C(C)(CC)OCCNC(=O)C(O)C(O)[C@H](COC[C@H]1OC(CO)[C@H](O)C(O)C1O)C(O)CO. The van der Waals surface area contributed by atoms with Gasteiger partial charge in [0.25, 0.3) is 5.91 Å². The molecule has 0 aromatic heterocycles. The summed E-state index contributed by atoms with van der Waals surface area (Å²) in [5.41, 5.74) is -1.16.